The number of anilines is 1. The maximum atomic E-state index is 11.7. The van der Waals surface area contributed by atoms with Gasteiger partial charge in [0.2, 0.25) is 0 Å². The summed E-state index contributed by atoms with van der Waals surface area (Å²) >= 11 is 0. The van der Waals surface area contributed by atoms with Gasteiger partial charge in [0, 0.05) is 18.4 Å². The Hall–Kier alpha value is -2.37. The number of rotatable bonds is 7. The minimum atomic E-state index is -4.31. The van der Waals surface area contributed by atoms with Gasteiger partial charge < -0.3 is 10.6 Å². The Kier molecular flexibility index (Phi) is 6.56. The van der Waals surface area contributed by atoms with Crippen molar-refractivity contribution in [1.82, 2.24) is 5.32 Å². The third kappa shape index (κ3) is 5.55. The van der Waals surface area contributed by atoms with Crippen LogP contribution in [0.25, 0.3) is 0 Å². The molecule has 3 N–H and O–H groups in total. The molecule has 0 radical (unpaired) electrons. The van der Waals surface area contributed by atoms with Crippen molar-refractivity contribution in [2.75, 3.05) is 11.9 Å². The lowest BCUT2D eigenvalue weighted by molar-refractivity contribution is -0.117. The van der Waals surface area contributed by atoms with E-state index in [0.29, 0.717) is 12.2 Å². The molecular weight excluding hydrogens is 306 g/mol. The quantitative estimate of drug-likeness (QED) is 0.304. The van der Waals surface area contributed by atoms with Gasteiger partial charge in [0.1, 0.15) is 11.6 Å². The van der Waals surface area contributed by atoms with Crippen LogP contribution in [-0.2, 0) is 14.9 Å². The van der Waals surface area contributed by atoms with Crippen LogP contribution >= 0.6 is 0 Å². The summed E-state index contributed by atoms with van der Waals surface area (Å²) in [5.41, 5.74) is 0.192. The monoisotopic (exact) mass is 323 g/mol. The average Bonchev–Trinajstić information content (AvgIpc) is 2.47. The van der Waals surface area contributed by atoms with Crippen molar-refractivity contribution in [3.8, 4) is 6.07 Å². The van der Waals surface area contributed by atoms with Crippen LogP contribution in [-0.4, -0.2) is 25.4 Å². The van der Waals surface area contributed by atoms with Crippen LogP contribution < -0.4 is 10.6 Å². The molecule has 0 fully saturated rings. The first kappa shape index (κ1) is 17.7. The van der Waals surface area contributed by atoms with E-state index < -0.39 is 16.0 Å². The summed E-state index contributed by atoms with van der Waals surface area (Å²) in [6, 6.07) is 7.14. The van der Waals surface area contributed by atoms with Gasteiger partial charge in [-0.25, -0.2) is 0 Å². The second-order valence-electron chi connectivity index (χ2n) is 4.43. The Morgan fingerprint density at radius 3 is 2.77 bits per heavy atom. The highest BCUT2D eigenvalue weighted by atomic mass is 32.2. The molecule has 0 spiro atoms. The molecule has 0 aliphatic heterocycles. The molecule has 1 aromatic rings. The first-order valence-corrected chi connectivity index (χ1v) is 8.05. The fraction of sp³-hybridized carbons (Fsp3) is 0.286. The van der Waals surface area contributed by atoms with Gasteiger partial charge in [-0.05, 0) is 24.6 Å². The van der Waals surface area contributed by atoms with Crippen LogP contribution in [0, 0.1) is 11.3 Å². The molecule has 0 atom stereocenters. The first-order valence-electron chi connectivity index (χ1n) is 6.61. The van der Waals surface area contributed by atoms with Gasteiger partial charge in [-0.15, -0.1) is 0 Å². The summed E-state index contributed by atoms with van der Waals surface area (Å²) in [5, 5.41) is 14.2. The number of nitriles is 1. The fourth-order valence-corrected chi connectivity index (χ4v) is 2.05. The number of hydrogen-bond acceptors (Lipinski definition) is 5. The summed E-state index contributed by atoms with van der Waals surface area (Å²) in [6.45, 7) is 2.46. The third-order valence-corrected chi connectivity index (χ3v) is 3.55. The Balaban J connectivity index is 2.81. The molecule has 0 aromatic heterocycles. The molecule has 1 aromatic carbocycles. The molecular formula is C14H17N3O4S. The average molecular weight is 323 g/mol. The van der Waals surface area contributed by atoms with Crippen molar-refractivity contribution in [2.24, 2.45) is 0 Å². The molecule has 1 amide bonds. The minimum absolute atomic E-state index is 0.131. The summed E-state index contributed by atoms with van der Waals surface area (Å²) in [7, 11) is -4.31. The molecule has 8 heteroatoms. The molecule has 22 heavy (non-hydrogen) atoms. The lowest BCUT2D eigenvalue weighted by atomic mass is 10.2. The van der Waals surface area contributed by atoms with Crippen LogP contribution in [0.3, 0.4) is 0 Å². The summed E-state index contributed by atoms with van der Waals surface area (Å²) in [5.74, 6) is -0.505. The lowest BCUT2D eigenvalue weighted by Gasteiger charge is -2.05. The number of amides is 1. The number of carbonyl (C=O) groups excluding carboxylic acids is 1. The maximum Gasteiger partial charge on any atom is 0.294 e. The smallest absolute Gasteiger partial charge is 0.294 e. The summed E-state index contributed by atoms with van der Waals surface area (Å²) in [4.78, 5) is 11.4. The Morgan fingerprint density at radius 2 is 2.18 bits per heavy atom. The fourth-order valence-electron chi connectivity index (χ4n) is 1.52. The maximum absolute atomic E-state index is 11.7. The van der Waals surface area contributed by atoms with Gasteiger partial charge >= 0.3 is 0 Å². The zero-order chi connectivity index (χ0) is 16.6. The number of nitrogens with one attached hydrogen (secondary N) is 2. The number of unbranched alkanes of at least 4 members (excludes halogenated alkanes) is 1. The number of benzene rings is 1. The predicted octanol–water partition coefficient (Wildman–Crippen LogP) is 1.67. The lowest BCUT2D eigenvalue weighted by Crippen LogP contribution is -2.25. The van der Waals surface area contributed by atoms with Crippen molar-refractivity contribution < 1.29 is 17.8 Å². The van der Waals surface area contributed by atoms with Gasteiger partial charge in [0.05, 0.1) is 4.90 Å². The Morgan fingerprint density at radius 1 is 1.45 bits per heavy atom. The number of carbonyl (C=O) groups is 1. The van der Waals surface area contributed by atoms with Crippen molar-refractivity contribution in [1.29, 1.82) is 5.26 Å². The van der Waals surface area contributed by atoms with Gasteiger partial charge in [-0.1, -0.05) is 19.4 Å². The van der Waals surface area contributed by atoms with Crippen molar-refractivity contribution in [2.45, 2.75) is 24.7 Å². The Bertz CT molecular complexity index is 705. The van der Waals surface area contributed by atoms with E-state index in [-0.39, 0.29) is 10.5 Å². The molecule has 118 valence electrons. The minimum Gasteiger partial charge on any atom is -0.360 e. The molecule has 0 bridgehead atoms. The first-order chi connectivity index (χ1) is 10.4. The zero-order valence-corrected chi connectivity index (χ0v) is 12.9. The summed E-state index contributed by atoms with van der Waals surface area (Å²) in [6.07, 6.45) is 2.92. The van der Waals surface area contributed by atoms with Crippen LogP contribution in [0.1, 0.15) is 19.8 Å². The Labute approximate surface area is 129 Å². The SMILES string of the molecule is CCCCNC(=O)/C(C#N)=C\Nc1cccc(S(=O)(=O)O)c1. The topological polar surface area (TPSA) is 119 Å². The van der Waals surface area contributed by atoms with E-state index >= 15 is 0 Å². The van der Waals surface area contributed by atoms with Gasteiger partial charge in [0.15, 0.2) is 0 Å². The van der Waals surface area contributed by atoms with E-state index in [4.69, 9.17) is 9.81 Å². The van der Waals surface area contributed by atoms with Crippen molar-refractivity contribution in [3.63, 3.8) is 0 Å². The van der Waals surface area contributed by atoms with Gasteiger partial charge in [-0.3, -0.25) is 9.35 Å². The molecule has 0 unspecified atom stereocenters. The van der Waals surface area contributed by atoms with Gasteiger partial charge in [0.25, 0.3) is 16.0 Å². The van der Waals surface area contributed by atoms with E-state index in [1.54, 1.807) is 6.07 Å². The molecule has 1 rings (SSSR count). The van der Waals surface area contributed by atoms with E-state index in [1.165, 1.54) is 30.5 Å². The highest BCUT2D eigenvalue weighted by Crippen LogP contribution is 2.15. The molecule has 0 heterocycles. The molecule has 0 saturated heterocycles. The van der Waals surface area contributed by atoms with E-state index in [0.717, 1.165) is 12.8 Å². The summed E-state index contributed by atoms with van der Waals surface area (Å²) < 4.78 is 31.0. The molecule has 0 aliphatic carbocycles. The van der Waals surface area contributed by atoms with Crippen LogP contribution in [0.2, 0.25) is 0 Å². The molecule has 0 aliphatic rings. The number of nitrogens with zero attached hydrogens (tertiary/aromatic N) is 1. The van der Waals surface area contributed by atoms with E-state index in [2.05, 4.69) is 10.6 Å². The van der Waals surface area contributed by atoms with Gasteiger partial charge in [-0.2, -0.15) is 13.7 Å². The predicted molar refractivity (Wildman–Crippen MR) is 81.5 cm³/mol. The van der Waals surface area contributed by atoms with Crippen LogP contribution in [0.15, 0.2) is 40.9 Å². The highest BCUT2D eigenvalue weighted by Gasteiger charge is 2.10. The van der Waals surface area contributed by atoms with Crippen molar-refractivity contribution in [3.05, 3.63) is 36.0 Å². The van der Waals surface area contributed by atoms with E-state index in [1.807, 2.05) is 6.92 Å². The third-order valence-electron chi connectivity index (χ3n) is 2.70. The molecule has 7 nitrogen and oxygen atoms in total. The highest BCUT2D eigenvalue weighted by molar-refractivity contribution is 7.85. The second-order valence-corrected chi connectivity index (χ2v) is 5.85. The second kappa shape index (κ2) is 8.17. The van der Waals surface area contributed by atoms with Crippen LogP contribution in [0.5, 0.6) is 0 Å². The molecule has 0 saturated carbocycles. The standard InChI is InChI=1S/C14H17N3O4S/c1-2-3-7-16-14(18)11(9-15)10-17-12-5-4-6-13(8-12)22(19,20)21/h4-6,8,10,17H,2-3,7H2,1H3,(H,16,18)(H,19,20,21)/b11-10-. The largest absolute Gasteiger partial charge is 0.360 e. The normalized spacial score (nSPS) is 11.6. The zero-order valence-electron chi connectivity index (χ0n) is 12.0. The number of hydrogen-bond donors (Lipinski definition) is 3. The van der Waals surface area contributed by atoms with Crippen molar-refractivity contribution >= 4 is 21.7 Å². The van der Waals surface area contributed by atoms with E-state index in [9.17, 15) is 13.2 Å². The van der Waals surface area contributed by atoms with Crippen LogP contribution in [0.4, 0.5) is 5.69 Å².